The number of aryl methyl sites for hydroxylation is 1. The van der Waals surface area contributed by atoms with Crippen LogP contribution in [-0.2, 0) is 16.4 Å². The maximum atomic E-state index is 12.5. The molecule has 0 aliphatic rings. The van der Waals surface area contributed by atoms with Gasteiger partial charge in [0.05, 0.1) is 11.2 Å². The van der Waals surface area contributed by atoms with E-state index in [-0.39, 0.29) is 4.90 Å². The van der Waals surface area contributed by atoms with Gasteiger partial charge in [0.15, 0.2) is 0 Å². The summed E-state index contributed by atoms with van der Waals surface area (Å²) in [5.74, 6) is 0. The summed E-state index contributed by atoms with van der Waals surface area (Å²) in [7, 11) is -3.67. The van der Waals surface area contributed by atoms with Crippen LogP contribution >= 0.6 is 22.9 Å². The normalized spacial score (nSPS) is 11.9. The molecule has 2 heterocycles. The Morgan fingerprint density at radius 3 is 3.00 bits per heavy atom. The molecule has 0 aliphatic heterocycles. The number of fused-ring (bicyclic) bond motifs is 1. The van der Waals surface area contributed by atoms with Gasteiger partial charge in [-0.05, 0) is 24.6 Å². The van der Waals surface area contributed by atoms with Gasteiger partial charge < -0.3 is 4.98 Å². The molecule has 110 valence electrons. The smallest absolute Gasteiger partial charge is 0.264 e. The number of nitrogens with zero attached hydrogens (tertiary/aromatic N) is 1. The highest BCUT2D eigenvalue weighted by Gasteiger charge is 2.21. The standard InChI is InChI=1S/C13H12ClN3O2S2/c1-2-10-13(20-7-16-10)17-21(18,19)12-6-15-11-5-8(14)3-4-9(11)12/h3-7,15,17H,2H2,1H3. The summed E-state index contributed by atoms with van der Waals surface area (Å²) in [6.07, 6.45) is 2.14. The van der Waals surface area contributed by atoms with Crippen LogP contribution in [-0.4, -0.2) is 18.4 Å². The number of anilines is 1. The highest BCUT2D eigenvalue weighted by atomic mass is 35.5. The Labute approximate surface area is 131 Å². The third-order valence-electron chi connectivity index (χ3n) is 3.10. The van der Waals surface area contributed by atoms with Crippen LogP contribution < -0.4 is 4.72 Å². The largest absolute Gasteiger partial charge is 0.360 e. The van der Waals surface area contributed by atoms with Gasteiger partial charge in [-0.15, -0.1) is 11.3 Å². The molecule has 1 aromatic carbocycles. The van der Waals surface area contributed by atoms with Crippen LogP contribution in [0.15, 0.2) is 34.8 Å². The van der Waals surface area contributed by atoms with Crippen LogP contribution in [0.3, 0.4) is 0 Å². The predicted octanol–water partition coefficient (Wildman–Crippen LogP) is 3.64. The second-order valence-corrected chi connectivity index (χ2v) is 7.37. The molecule has 0 atom stereocenters. The molecule has 3 aromatic rings. The number of aromatic nitrogens is 2. The lowest BCUT2D eigenvalue weighted by atomic mass is 10.2. The number of thiazole rings is 1. The van der Waals surface area contributed by atoms with Crippen molar-refractivity contribution in [3.63, 3.8) is 0 Å². The molecule has 0 unspecified atom stereocenters. The number of aromatic amines is 1. The molecule has 5 nitrogen and oxygen atoms in total. The number of sulfonamides is 1. The number of H-pyrrole nitrogens is 1. The van der Waals surface area contributed by atoms with E-state index in [2.05, 4.69) is 14.7 Å². The van der Waals surface area contributed by atoms with Crippen LogP contribution in [0.1, 0.15) is 12.6 Å². The number of hydrogen-bond donors (Lipinski definition) is 2. The first-order valence-corrected chi connectivity index (χ1v) is 8.97. The summed E-state index contributed by atoms with van der Waals surface area (Å²) in [4.78, 5) is 7.27. The van der Waals surface area contributed by atoms with Crippen molar-refractivity contribution in [3.05, 3.63) is 40.6 Å². The summed E-state index contributed by atoms with van der Waals surface area (Å²) in [5.41, 5.74) is 3.06. The molecule has 21 heavy (non-hydrogen) atoms. The van der Waals surface area contributed by atoms with E-state index in [0.717, 1.165) is 5.69 Å². The Hall–Kier alpha value is -1.57. The quantitative estimate of drug-likeness (QED) is 0.760. The van der Waals surface area contributed by atoms with E-state index in [1.165, 1.54) is 17.5 Å². The molecular formula is C13H12ClN3O2S2. The predicted molar refractivity (Wildman–Crippen MR) is 85.6 cm³/mol. The van der Waals surface area contributed by atoms with Crippen molar-refractivity contribution in [2.24, 2.45) is 0 Å². The fourth-order valence-corrected chi connectivity index (χ4v) is 4.54. The number of rotatable bonds is 4. The average molecular weight is 342 g/mol. The lowest BCUT2D eigenvalue weighted by Crippen LogP contribution is -2.12. The zero-order valence-corrected chi connectivity index (χ0v) is 13.4. The van der Waals surface area contributed by atoms with Crippen LogP contribution in [0.2, 0.25) is 5.02 Å². The molecule has 0 fully saturated rings. The minimum atomic E-state index is -3.67. The van der Waals surface area contributed by atoms with E-state index in [1.807, 2.05) is 6.92 Å². The Balaban J connectivity index is 2.04. The van der Waals surface area contributed by atoms with E-state index in [0.29, 0.717) is 27.3 Å². The summed E-state index contributed by atoms with van der Waals surface area (Å²) < 4.78 is 27.7. The molecule has 2 N–H and O–H groups in total. The SMILES string of the molecule is CCc1ncsc1NS(=O)(=O)c1c[nH]c2cc(Cl)ccc12. The molecule has 0 bridgehead atoms. The van der Waals surface area contributed by atoms with Gasteiger partial charge in [-0.3, -0.25) is 4.72 Å². The number of nitrogens with one attached hydrogen (secondary N) is 2. The molecule has 0 saturated heterocycles. The van der Waals surface area contributed by atoms with Crippen molar-refractivity contribution < 1.29 is 8.42 Å². The van der Waals surface area contributed by atoms with Crippen molar-refractivity contribution >= 4 is 48.9 Å². The van der Waals surface area contributed by atoms with Crippen molar-refractivity contribution in [3.8, 4) is 0 Å². The van der Waals surface area contributed by atoms with E-state index >= 15 is 0 Å². The molecule has 0 spiro atoms. The number of halogens is 1. The fraction of sp³-hybridized carbons (Fsp3) is 0.154. The Bertz CT molecular complexity index is 899. The van der Waals surface area contributed by atoms with Crippen molar-refractivity contribution in [1.29, 1.82) is 0 Å². The Morgan fingerprint density at radius 1 is 1.43 bits per heavy atom. The van der Waals surface area contributed by atoms with Gasteiger partial charge in [0.25, 0.3) is 10.0 Å². The third-order valence-corrected chi connectivity index (χ3v) is 5.64. The minimum Gasteiger partial charge on any atom is -0.360 e. The lowest BCUT2D eigenvalue weighted by molar-refractivity contribution is 0.602. The van der Waals surface area contributed by atoms with E-state index in [9.17, 15) is 8.42 Å². The van der Waals surface area contributed by atoms with Crippen molar-refractivity contribution in [2.45, 2.75) is 18.2 Å². The van der Waals surface area contributed by atoms with Gasteiger partial charge in [0.1, 0.15) is 9.90 Å². The summed E-state index contributed by atoms with van der Waals surface area (Å²) in [5, 5.41) is 1.72. The van der Waals surface area contributed by atoms with Crippen molar-refractivity contribution in [2.75, 3.05) is 4.72 Å². The summed E-state index contributed by atoms with van der Waals surface area (Å²) >= 11 is 7.18. The van der Waals surface area contributed by atoms with Crippen LogP contribution in [0.4, 0.5) is 5.00 Å². The van der Waals surface area contributed by atoms with Gasteiger partial charge in [-0.2, -0.15) is 0 Å². The van der Waals surface area contributed by atoms with Gasteiger partial charge in [0.2, 0.25) is 0 Å². The molecule has 0 radical (unpaired) electrons. The van der Waals surface area contributed by atoms with Crippen LogP contribution in [0.5, 0.6) is 0 Å². The van der Waals surface area contributed by atoms with E-state index in [4.69, 9.17) is 11.6 Å². The Morgan fingerprint density at radius 2 is 2.24 bits per heavy atom. The lowest BCUT2D eigenvalue weighted by Gasteiger charge is -2.06. The molecule has 3 rings (SSSR count). The first kappa shape index (κ1) is 14.4. The third kappa shape index (κ3) is 2.64. The maximum Gasteiger partial charge on any atom is 0.264 e. The number of benzene rings is 1. The highest BCUT2D eigenvalue weighted by Crippen LogP contribution is 2.29. The molecule has 2 aromatic heterocycles. The maximum absolute atomic E-state index is 12.5. The second kappa shape index (κ2) is 5.32. The van der Waals surface area contributed by atoms with E-state index in [1.54, 1.807) is 23.7 Å². The van der Waals surface area contributed by atoms with Crippen LogP contribution in [0.25, 0.3) is 10.9 Å². The van der Waals surface area contributed by atoms with Gasteiger partial charge in [-0.25, -0.2) is 13.4 Å². The zero-order valence-electron chi connectivity index (χ0n) is 11.1. The molecule has 0 aliphatic carbocycles. The van der Waals surface area contributed by atoms with Gasteiger partial charge in [0, 0.05) is 22.1 Å². The second-order valence-electron chi connectivity index (χ2n) is 4.43. The number of hydrogen-bond acceptors (Lipinski definition) is 4. The monoisotopic (exact) mass is 341 g/mol. The first-order chi connectivity index (χ1) is 10.0. The molecule has 0 amide bonds. The Kier molecular flexibility index (Phi) is 3.64. The zero-order chi connectivity index (χ0) is 15.0. The minimum absolute atomic E-state index is 0.199. The van der Waals surface area contributed by atoms with Crippen molar-refractivity contribution in [1.82, 2.24) is 9.97 Å². The van der Waals surface area contributed by atoms with Gasteiger partial charge in [-0.1, -0.05) is 18.5 Å². The topological polar surface area (TPSA) is 74.8 Å². The first-order valence-electron chi connectivity index (χ1n) is 6.23. The van der Waals surface area contributed by atoms with Gasteiger partial charge >= 0.3 is 0 Å². The van der Waals surface area contributed by atoms with E-state index < -0.39 is 10.0 Å². The fourth-order valence-electron chi connectivity index (χ4n) is 2.08. The molecular weight excluding hydrogens is 330 g/mol. The summed E-state index contributed by atoms with van der Waals surface area (Å²) in [6, 6.07) is 5.05. The molecule has 0 saturated carbocycles. The summed E-state index contributed by atoms with van der Waals surface area (Å²) in [6.45, 7) is 1.93. The molecule has 8 heteroatoms. The highest BCUT2D eigenvalue weighted by molar-refractivity contribution is 7.93. The van der Waals surface area contributed by atoms with Crippen LogP contribution in [0, 0.1) is 0 Å². The average Bonchev–Trinajstić information content (AvgIpc) is 3.04.